The Labute approximate surface area is 136 Å². The van der Waals surface area contributed by atoms with Gasteiger partial charge < -0.3 is 19.9 Å². The van der Waals surface area contributed by atoms with Crippen molar-refractivity contribution in [2.45, 2.75) is 52.2 Å². The van der Waals surface area contributed by atoms with E-state index in [-0.39, 0.29) is 25.1 Å². The van der Waals surface area contributed by atoms with Crippen molar-refractivity contribution >= 4 is 6.09 Å². The van der Waals surface area contributed by atoms with Crippen LogP contribution in [0.25, 0.3) is 0 Å². The lowest BCUT2D eigenvalue weighted by atomic mass is 10.0. The maximum atomic E-state index is 13.4. The minimum Gasteiger partial charge on any atom is -0.491 e. The van der Waals surface area contributed by atoms with E-state index in [2.05, 4.69) is 5.32 Å². The quantitative estimate of drug-likeness (QED) is 0.808. The van der Waals surface area contributed by atoms with Crippen LogP contribution in [0.3, 0.4) is 0 Å². The predicted molar refractivity (Wildman–Crippen MR) is 86.1 cm³/mol. The number of hydrogen-bond acceptors (Lipinski definition) is 4. The number of nitrogens with one attached hydrogen (secondary N) is 1. The van der Waals surface area contributed by atoms with Crippen LogP contribution in [-0.4, -0.2) is 36.1 Å². The Hall–Kier alpha value is -1.82. The average molecular weight is 327 g/mol. The third kappa shape index (κ3) is 7.83. The summed E-state index contributed by atoms with van der Waals surface area (Å²) in [6, 6.07) is 4.15. The third-order valence-corrected chi connectivity index (χ3v) is 2.98. The summed E-state index contributed by atoms with van der Waals surface area (Å²) in [6.45, 7) is 7.31. The fraction of sp³-hybridized carbons (Fsp3) is 0.588. The second-order valence-electron chi connectivity index (χ2n) is 6.41. The first-order valence-electron chi connectivity index (χ1n) is 7.73. The van der Waals surface area contributed by atoms with Crippen LogP contribution in [0.2, 0.25) is 0 Å². The molecule has 0 aliphatic heterocycles. The Bertz CT molecular complexity index is 514. The first kappa shape index (κ1) is 19.2. The summed E-state index contributed by atoms with van der Waals surface area (Å²) < 4.78 is 24.0. The van der Waals surface area contributed by atoms with E-state index < -0.39 is 11.7 Å². The zero-order valence-electron chi connectivity index (χ0n) is 14.2. The fourth-order valence-corrected chi connectivity index (χ4v) is 1.99. The van der Waals surface area contributed by atoms with Gasteiger partial charge in [-0.15, -0.1) is 0 Å². The Morgan fingerprint density at radius 2 is 2.09 bits per heavy atom. The molecule has 0 aliphatic rings. The largest absolute Gasteiger partial charge is 0.491 e. The van der Waals surface area contributed by atoms with Crippen LogP contribution in [0, 0.1) is 5.82 Å². The molecule has 1 atom stereocenters. The summed E-state index contributed by atoms with van der Waals surface area (Å²) in [5, 5.41) is 11.6. The summed E-state index contributed by atoms with van der Waals surface area (Å²) in [7, 11) is 0. The SMILES string of the molecule is C[C@@H](CCc1cc(F)ccc1OCCO)NC(=O)OC(C)(C)C. The Morgan fingerprint density at radius 1 is 1.39 bits per heavy atom. The van der Waals surface area contributed by atoms with Crippen LogP contribution in [0.1, 0.15) is 39.7 Å². The molecule has 0 radical (unpaired) electrons. The number of aliphatic hydroxyl groups is 1. The van der Waals surface area contributed by atoms with Gasteiger partial charge in [-0.3, -0.25) is 0 Å². The van der Waals surface area contributed by atoms with Gasteiger partial charge in [0.2, 0.25) is 0 Å². The van der Waals surface area contributed by atoms with Crippen LogP contribution in [0.4, 0.5) is 9.18 Å². The summed E-state index contributed by atoms with van der Waals surface area (Å²) in [5.41, 5.74) is 0.161. The minimum absolute atomic E-state index is 0.104. The number of aliphatic hydroxyl groups excluding tert-OH is 1. The summed E-state index contributed by atoms with van der Waals surface area (Å²) in [4.78, 5) is 11.7. The number of halogens is 1. The van der Waals surface area contributed by atoms with Gasteiger partial charge in [0.25, 0.3) is 0 Å². The highest BCUT2D eigenvalue weighted by Crippen LogP contribution is 2.22. The van der Waals surface area contributed by atoms with Crippen LogP contribution >= 0.6 is 0 Å². The van der Waals surface area contributed by atoms with Crippen molar-refractivity contribution in [3.8, 4) is 5.75 Å². The highest BCUT2D eigenvalue weighted by Gasteiger charge is 2.18. The van der Waals surface area contributed by atoms with Gasteiger partial charge in [0.1, 0.15) is 23.8 Å². The molecule has 0 bridgehead atoms. The van der Waals surface area contributed by atoms with E-state index in [4.69, 9.17) is 14.6 Å². The van der Waals surface area contributed by atoms with Crippen LogP contribution in [0.15, 0.2) is 18.2 Å². The molecule has 0 saturated heterocycles. The highest BCUT2D eigenvalue weighted by atomic mass is 19.1. The van der Waals surface area contributed by atoms with Gasteiger partial charge in [0, 0.05) is 6.04 Å². The van der Waals surface area contributed by atoms with Gasteiger partial charge in [-0.25, -0.2) is 9.18 Å². The molecule has 0 unspecified atom stereocenters. The van der Waals surface area contributed by atoms with Crippen molar-refractivity contribution in [3.05, 3.63) is 29.6 Å². The van der Waals surface area contributed by atoms with E-state index in [0.29, 0.717) is 24.2 Å². The first-order chi connectivity index (χ1) is 10.7. The van der Waals surface area contributed by atoms with Crippen molar-refractivity contribution in [3.63, 3.8) is 0 Å². The van der Waals surface area contributed by atoms with Gasteiger partial charge in [0.05, 0.1) is 6.61 Å². The number of alkyl carbamates (subject to hydrolysis) is 1. The molecule has 23 heavy (non-hydrogen) atoms. The second-order valence-corrected chi connectivity index (χ2v) is 6.41. The molecule has 0 spiro atoms. The molecule has 0 aromatic heterocycles. The van der Waals surface area contributed by atoms with Crippen LogP contribution in [-0.2, 0) is 11.2 Å². The van der Waals surface area contributed by atoms with E-state index in [0.717, 1.165) is 0 Å². The maximum absolute atomic E-state index is 13.4. The lowest BCUT2D eigenvalue weighted by molar-refractivity contribution is 0.0506. The number of ether oxygens (including phenoxy) is 2. The Balaban J connectivity index is 2.56. The monoisotopic (exact) mass is 327 g/mol. The van der Waals surface area contributed by atoms with Crippen molar-refractivity contribution in [1.29, 1.82) is 0 Å². The van der Waals surface area contributed by atoms with Gasteiger partial charge >= 0.3 is 6.09 Å². The summed E-state index contributed by atoms with van der Waals surface area (Å²) in [5.74, 6) is 0.203. The maximum Gasteiger partial charge on any atom is 0.407 e. The number of rotatable bonds is 7. The number of benzene rings is 1. The Morgan fingerprint density at radius 3 is 2.70 bits per heavy atom. The molecule has 0 aliphatic carbocycles. The second kappa shape index (κ2) is 8.72. The minimum atomic E-state index is -0.544. The van der Waals surface area contributed by atoms with Gasteiger partial charge in [0.15, 0.2) is 0 Å². The lowest BCUT2D eigenvalue weighted by Crippen LogP contribution is -2.37. The molecule has 0 fully saturated rings. The molecule has 1 amide bonds. The fourth-order valence-electron chi connectivity index (χ4n) is 1.99. The van der Waals surface area contributed by atoms with E-state index in [1.165, 1.54) is 12.1 Å². The predicted octanol–water partition coefficient (Wildman–Crippen LogP) is 3.04. The molecule has 0 heterocycles. The van der Waals surface area contributed by atoms with Crippen molar-refractivity contribution < 1.29 is 23.8 Å². The number of carbonyl (C=O) groups excluding carboxylic acids is 1. The first-order valence-corrected chi connectivity index (χ1v) is 7.73. The topological polar surface area (TPSA) is 67.8 Å². The number of hydrogen-bond donors (Lipinski definition) is 2. The van der Waals surface area contributed by atoms with E-state index in [9.17, 15) is 9.18 Å². The molecule has 6 heteroatoms. The Kier molecular flexibility index (Phi) is 7.29. The molecule has 130 valence electrons. The van der Waals surface area contributed by atoms with Gasteiger partial charge in [-0.1, -0.05) is 0 Å². The van der Waals surface area contributed by atoms with Crippen LogP contribution in [0.5, 0.6) is 5.75 Å². The van der Waals surface area contributed by atoms with Gasteiger partial charge in [-0.05, 0) is 64.3 Å². The van der Waals surface area contributed by atoms with Crippen molar-refractivity contribution in [2.24, 2.45) is 0 Å². The molecule has 1 aromatic carbocycles. The van der Waals surface area contributed by atoms with Crippen molar-refractivity contribution in [1.82, 2.24) is 5.32 Å². The van der Waals surface area contributed by atoms with Gasteiger partial charge in [-0.2, -0.15) is 0 Å². The number of amides is 1. The van der Waals surface area contributed by atoms with Crippen molar-refractivity contribution in [2.75, 3.05) is 13.2 Å². The summed E-state index contributed by atoms with van der Waals surface area (Å²) in [6.07, 6.45) is 0.675. The normalized spacial score (nSPS) is 12.6. The standard InChI is InChI=1S/C17H26FNO4/c1-12(19-16(21)23-17(2,3)4)5-6-13-11-14(18)7-8-15(13)22-10-9-20/h7-8,11-12,20H,5-6,9-10H2,1-4H3,(H,19,21)/t12-/m0/s1. The smallest absolute Gasteiger partial charge is 0.407 e. The molecule has 0 saturated carbocycles. The molecule has 1 aromatic rings. The number of aryl methyl sites for hydroxylation is 1. The zero-order chi connectivity index (χ0) is 17.5. The third-order valence-electron chi connectivity index (χ3n) is 2.98. The summed E-state index contributed by atoms with van der Waals surface area (Å²) >= 11 is 0. The van der Waals surface area contributed by atoms with E-state index >= 15 is 0 Å². The van der Waals surface area contributed by atoms with E-state index in [1.54, 1.807) is 26.8 Å². The molecule has 5 nitrogen and oxygen atoms in total. The average Bonchev–Trinajstić information content (AvgIpc) is 2.42. The zero-order valence-corrected chi connectivity index (χ0v) is 14.2. The van der Waals surface area contributed by atoms with Crippen LogP contribution < -0.4 is 10.1 Å². The molecule has 2 N–H and O–H groups in total. The molecular weight excluding hydrogens is 301 g/mol. The number of carbonyl (C=O) groups is 1. The molecule has 1 rings (SSSR count). The molecular formula is C17H26FNO4. The van der Waals surface area contributed by atoms with E-state index in [1.807, 2.05) is 6.92 Å². The lowest BCUT2D eigenvalue weighted by Gasteiger charge is -2.22. The highest BCUT2D eigenvalue weighted by molar-refractivity contribution is 5.68.